The molecule has 6 nitrogen and oxygen atoms in total. The van der Waals surface area contributed by atoms with Crippen LogP contribution in [0, 0.1) is 10.1 Å². The molecule has 16 heavy (non-hydrogen) atoms. The maximum atomic E-state index is 11.1. The van der Waals surface area contributed by atoms with E-state index in [0.717, 1.165) is 0 Å². The molecule has 1 aromatic rings. The third-order valence-electron chi connectivity index (χ3n) is 1.73. The Hall–Kier alpha value is -1.50. The first kappa shape index (κ1) is 12.6. The number of hydrogen-bond acceptors (Lipinski definition) is 5. The predicted octanol–water partition coefficient (Wildman–Crippen LogP) is 1.86. The summed E-state index contributed by atoms with van der Waals surface area (Å²) in [6, 6.07) is 1.30. The van der Waals surface area contributed by atoms with Crippen molar-refractivity contribution in [2.24, 2.45) is 0 Å². The first-order valence-corrected chi connectivity index (χ1v) is 5.28. The second-order valence-electron chi connectivity index (χ2n) is 2.89. The Labute approximate surface area is 99.9 Å². The van der Waals surface area contributed by atoms with E-state index in [-0.39, 0.29) is 23.3 Å². The summed E-state index contributed by atoms with van der Waals surface area (Å²) in [6.07, 6.45) is 1.38. The van der Waals surface area contributed by atoms with Crippen LogP contribution in [0.2, 0.25) is 0 Å². The van der Waals surface area contributed by atoms with Gasteiger partial charge in [0.05, 0.1) is 18.0 Å². The Balaban J connectivity index is 2.87. The molecule has 1 rings (SSSR count). The Bertz CT molecular complexity index is 422. The molecule has 0 saturated carbocycles. The molecule has 86 valence electrons. The number of carbonyl (C=O) groups is 1. The third-order valence-corrected chi connectivity index (χ3v) is 2.34. The van der Waals surface area contributed by atoms with Crippen LogP contribution in [0.5, 0.6) is 0 Å². The first-order chi connectivity index (χ1) is 7.54. The van der Waals surface area contributed by atoms with E-state index in [1.54, 1.807) is 6.92 Å². The molecule has 7 heteroatoms. The van der Waals surface area contributed by atoms with Crippen molar-refractivity contribution in [3.8, 4) is 0 Å². The number of carbonyl (C=O) groups excluding carboxylic acids is 1. The minimum atomic E-state index is -0.564. The fourth-order valence-corrected chi connectivity index (χ4v) is 1.44. The standard InChI is InChI=1S/C9H9BrN2O4/c1-2-16-8(13)4-6-3-7(12(14)15)9(10)11-5-6/h3,5H,2,4H2,1H3. The first-order valence-electron chi connectivity index (χ1n) is 4.49. The van der Waals surface area contributed by atoms with Gasteiger partial charge in [-0.1, -0.05) is 0 Å². The number of esters is 1. The minimum absolute atomic E-state index is 0.0189. The van der Waals surface area contributed by atoms with Gasteiger partial charge in [-0.25, -0.2) is 4.98 Å². The van der Waals surface area contributed by atoms with Crippen molar-refractivity contribution in [2.75, 3.05) is 6.61 Å². The molecule has 0 spiro atoms. The summed E-state index contributed by atoms with van der Waals surface area (Å²) in [6.45, 7) is 1.98. The highest BCUT2D eigenvalue weighted by molar-refractivity contribution is 9.10. The van der Waals surface area contributed by atoms with E-state index in [2.05, 4.69) is 20.9 Å². The molecule has 1 aromatic heterocycles. The molecule has 0 saturated heterocycles. The van der Waals surface area contributed by atoms with Crippen molar-refractivity contribution in [3.05, 3.63) is 32.5 Å². The predicted molar refractivity (Wildman–Crippen MR) is 58.9 cm³/mol. The number of hydrogen-bond donors (Lipinski definition) is 0. The van der Waals surface area contributed by atoms with E-state index in [1.165, 1.54) is 12.3 Å². The van der Waals surface area contributed by atoms with Gasteiger partial charge < -0.3 is 4.74 Å². The maximum absolute atomic E-state index is 11.1. The van der Waals surface area contributed by atoms with E-state index in [0.29, 0.717) is 5.56 Å². The molecule has 0 atom stereocenters. The van der Waals surface area contributed by atoms with Gasteiger partial charge in [-0.3, -0.25) is 14.9 Å². The molecule has 0 aliphatic heterocycles. The fourth-order valence-electron chi connectivity index (χ4n) is 1.08. The van der Waals surface area contributed by atoms with E-state index in [1.807, 2.05) is 0 Å². The zero-order valence-corrected chi connectivity index (χ0v) is 10.1. The monoisotopic (exact) mass is 288 g/mol. The van der Waals surface area contributed by atoms with Crippen molar-refractivity contribution < 1.29 is 14.5 Å². The van der Waals surface area contributed by atoms with Crippen LogP contribution in [-0.2, 0) is 16.0 Å². The second kappa shape index (κ2) is 5.55. The lowest BCUT2D eigenvalue weighted by atomic mass is 10.2. The number of aromatic nitrogens is 1. The molecule has 0 bridgehead atoms. The van der Waals surface area contributed by atoms with Gasteiger partial charge in [-0.15, -0.1) is 0 Å². The molecule has 1 heterocycles. The van der Waals surface area contributed by atoms with Gasteiger partial charge in [-0.05, 0) is 28.4 Å². The lowest BCUT2D eigenvalue weighted by Gasteiger charge is -2.02. The second-order valence-corrected chi connectivity index (χ2v) is 3.64. The normalized spacial score (nSPS) is 9.88. The zero-order chi connectivity index (χ0) is 12.1. The number of halogens is 1. The third kappa shape index (κ3) is 3.27. The number of pyridine rings is 1. The van der Waals surface area contributed by atoms with Crippen LogP contribution in [-0.4, -0.2) is 22.5 Å². The number of rotatable bonds is 4. The SMILES string of the molecule is CCOC(=O)Cc1cnc(Br)c([N+](=O)[O-])c1. The number of nitro groups is 1. The lowest BCUT2D eigenvalue weighted by Crippen LogP contribution is -2.08. The van der Waals surface area contributed by atoms with Crippen LogP contribution in [0.15, 0.2) is 16.9 Å². The Morgan fingerprint density at radius 3 is 2.94 bits per heavy atom. The van der Waals surface area contributed by atoms with Crippen LogP contribution < -0.4 is 0 Å². The van der Waals surface area contributed by atoms with Gasteiger partial charge in [-0.2, -0.15) is 0 Å². The molecular weight excluding hydrogens is 280 g/mol. The van der Waals surface area contributed by atoms with E-state index in [9.17, 15) is 14.9 Å². The van der Waals surface area contributed by atoms with E-state index in [4.69, 9.17) is 4.74 Å². The molecular formula is C9H9BrN2O4. The molecule has 0 amide bonds. The van der Waals surface area contributed by atoms with Crippen LogP contribution in [0.25, 0.3) is 0 Å². The molecule has 0 aromatic carbocycles. The van der Waals surface area contributed by atoms with Gasteiger partial charge in [0, 0.05) is 12.3 Å². The van der Waals surface area contributed by atoms with Crippen molar-refractivity contribution in [3.63, 3.8) is 0 Å². The van der Waals surface area contributed by atoms with Crippen LogP contribution in [0.1, 0.15) is 12.5 Å². The maximum Gasteiger partial charge on any atom is 0.310 e. The molecule has 0 radical (unpaired) electrons. The average molecular weight is 289 g/mol. The van der Waals surface area contributed by atoms with Crippen molar-refractivity contribution in [1.29, 1.82) is 0 Å². The largest absolute Gasteiger partial charge is 0.466 e. The topological polar surface area (TPSA) is 82.3 Å². The van der Waals surface area contributed by atoms with Crippen LogP contribution in [0.3, 0.4) is 0 Å². The van der Waals surface area contributed by atoms with Gasteiger partial charge >= 0.3 is 11.7 Å². The van der Waals surface area contributed by atoms with Crippen LogP contribution in [0.4, 0.5) is 5.69 Å². The van der Waals surface area contributed by atoms with Gasteiger partial charge in [0.25, 0.3) is 0 Å². The Morgan fingerprint density at radius 2 is 2.38 bits per heavy atom. The van der Waals surface area contributed by atoms with Gasteiger partial charge in [0.15, 0.2) is 4.60 Å². The van der Waals surface area contributed by atoms with E-state index < -0.39 is 10.9 Å². The highest BCUT2D eigenvalue weighted by Gasteiger charge is 2.15. The summed E-state index contributed by atoms with van der Waals surface area (Å²) in [7, 11) is 0. The van der Waals surface area contributed by atoms with Crippen LogP contribution >= 0.6 is 15.9 Å². The van der Waals surface area contributed by atoms with Crippen molar-refractivity contribution in [2.45, 2.75) is 13.3 Å². The lowest BCUT2D eigenvalue weighted by molar-refractivity contribution is -0.386. The Kier molecular flexibility index (Phi) is 4.36. The zero-order valence-electron chi connectivity index (χ0n) is 8.47. The smallest absolute Gasteiger partial charge is 0.310 e. The van der Waals surface area contributed by atoms with Crippen molar-refractivity contribution in [1.82, 2.24) is 4.98 Å². The highest BCUT2D eigenvalue weighted by Crippen LogP contribution is 2.23. The van der Waals surface area contributed by atoms with Gasteiger partial charge in [0.2, 0.25) is 0 Å². The van der Waals surface area contributed by atoms with Gasteiger partial charge in [0.1, 0.15) is 0 Å². The molecule has 0 aliphatic rings. The highest BCUT2D eigenvalue weighted by atomic mass is 79.9. The van der Waals surface area contributed by atoms with E-state index >= 15 is 0 Å². The number of ether oxygens (including phenoxy) is 1. The quantitative estimate of drug-likeness (QED) is 0.365. The molecule has 0 N–H and O–H groups in total. The average Bonchev–Trinajstić information content (AvgIpc) is 2.21. The minimum Gasteiger partial charge on any atom is -0.466 e. The molecule has 0 unspecified atom stereocenters. The molecule has 0 aliphatic carbocycles. The summed E-state index contributed by atoms with van der Waals surface area (Å²) < 4.78 is 4.87. The summed E-state index contributed by atoms with van der Waals surface area (Å²) in [5, 5.41) is 10.6. The summed E-state index contributed by atoms with van der Waals surface area (Å²) in [5.74, 6) is -0.430. The summed E-state index contributed by atoms with van der Waals surface area (Å²) in [4.78, 5) is 25.0. The van der Waals surface area contributed by atoms with Crippen molar-refractivity contribution >= 4 is 27.6 Å². The molecule has 0 fully saturated rings. The Morgan fingerprint density at radius 1 is 1.69 bits per heavy atom. The fraction of sp³-hybridized carbons (Fsp3) is 0.333. The number of nitrogens with zero attached hydrogens (tertiary/aromatic N) is 2. The summed E-state index contributed by atoms with van der Waals surface area (Å²) in [5.41, 5.74) is 0.287. The summed E-state index contributed by atoms with van der Waals surface area (Å²) >= 11 is 2.96.